The second-order valence-corrected chi connectivity index (χ2v) is 6.22. The first-order valence-electron chi connectivity index (χ1n) is 7.63. The summed E-state index contributed by atoms with van der Waals surface area (Å²) in [5, 5.41) is 1.77. The molecule has 0 unspecified atom stereocenters. The van der Waals surface area contributed by atoms with Gasteiger partial charge in [-0.3, -0.25) is 4.90 Å². The summed E-state index contributed by atoms with van der Waals surface area (Å²) in [6.07, 6.45) is 1.11. The molecule has 2 aromatic carbocycles. The largest absolute Gasteiger partial charge is 0.294 e. The predicted molar refractivity (Wildman–Crippen MR) is 91.0 cm³/mol. The van der Waals surface area contributed by atoms with Crippen LogP contribution in [0, 0.1) is 0 Å². The van der Waals surface area contributed by atoms with Gasteiger partial charge < -0.3 is 0 Å². The Morgan fingerprint density at radius 2 is 1.77 bits per heavy atom. The number of para-hydroxylation sites is 1. The van der Waals surface area contributed by atoms with Crippen molar-refractivity contribution in [1.29, 1.82) is 0 Å². The van der Waals surface area contributed by atoms with Crippen LogP contribution >= 0.6 is 11.6 Å². The minimum atomic E-state index is 0.623. The molecule has 0 saturated heterocycles. The normalized spacial score (nSPS) is 15.0. The molecule has 1 aliphatic heterocycles. The Kier molecular flexibility index (Phi) is 3.57. The van der Waals surface area contributed by atoms with E-state index in [1.54, 1.807) is 0 Å². The average molecular weight is 309 g/mol. The molecule has 0 spiro atoms. The van der Waals surface area contributed by atoms with Crippen molar-refractivity contribution in [3.8, 4) is 0 Å². The summed E-state index contributed by atoms with van der Waals surface area (Å²) in [6, 6.07) is 19.0. The Morgan fingerprint density at radius 3 is 2.68 bits per heavy atom. The van der Waals surface area contributed by atoms with Crippen molar-refractivity contribution in [2.75, 3.05) is 6.54 Å². The summed E-state index contributed by atoms with van der Waals surface area (Å²) in [6.45, 7) is 2.91. The van der Waals surface area contributed by atoms with Crippen LogP contribution in [0.1, 0.15) is 16.7 Å². The zero-order chi connectivity index (χ0) is 14.9. The fourth-order valence-corrected chi connectivity index (χ4v) is 3.38. The van der Waals surface area contributed by atoms with Gasteiger partial charge in [0, 0.05) is 30.6 Å². The minimum absolute atomic E-state index is 0.623. The average Bonchev–Trinajstić information content (AvgIpc) is 2.55. The zero-order valence-corrected chi connectivity index (χ0v) is 13.1. The molecule has 0 radical (unpaired) electrons. The van der Waals surface area contributed by atoms with Gasteiger partial charge in [-0.25, -0.2) is 4.98 Å². The Morgan fingerprint density at radius 1 is 1.00 bits per heavy atom. The smallest absolute Gasteiger partial charge is 0.134 e. The first kappa shape index (κ1) is 13.7. The quantitative estimate of drug-likeness (QED) is 0.650. The fourth-order valence-electron chi connectivity index (χ4n) is 3.18. The van der Waals surface area contributed by atoms with Crippen LogP contribution in [0.3, 0.4) is 0 Å². The molecule has 0 bridgehead atoms. The minimum Gasteiger partial charge on any atom is -0.294 e. The maximum absolute atomic E-state index is 6.38. The van der Waals surface area contributed by atoms with E-state index < -0.39 is 0 Å². The maximum Gasteiger partial charge on any atom is 0.134 e. The van der Waals surface area contributed by atoms with Crippen molar-refractivity contribution in [1.82, 2.24) is 9.88 Å². The van der Waals surface area contributed by atoms with Crippen molar-refractivity contribution in [3.05, 3.63) is 76.4 Å². The van der Waals surface area contributed by atoms with Crippen LogP contribution in [-0.2, 0) is 19.5 Å². The van der Waals surface area contributed by atoms with E-state index in [4.69, 9.17) is 11.6 Å². The molecule has 3 aromatic rings. The molecule has 3 heteroatoms. The van der Waals surface area contributed by atoms with Crippen LogP contribution in [0.2, 0.25) is 5.15 Å². The van der Waals surface area contributed by atoms with E-state index in [1.165, 1.54) is 11.1 Å². The van der Waals surface area contributed by atoms with Gasteiger partial charge in [-0.05, 0) is 29.7 Å². The molecule has 2 heterocycles. The van der Waals surface area contributed by atoms with Gasteiger partial charge in [0.25, 0.3) is 0 Å². The summed E-state index contributed by atoms with van der Waals surface area (Å²) >= 11 is 6.38. The highest BCUT2D eigenvalue weighted by Gasteiger charge is 2.17. The first-order valence-corrected chi connectivity index (χ1v) is 8.01. The van der Waals surface area contributed by atoms with Crippen molar-refractivity contribution in [3.63, 3.8) is 0 Å². The van der Waals surface area contributed by atoms with Crippen LogP contribution in [0.25, 0.3) is 10.9 Å². The van der Waals surface area contributed by atoms with E-state index in [1.807, 2.05) is 18.2 Å². The molecule has 110 valence electrons. The topological polar surface area (TPSA) is 16.1 Å². The molecule has 0 atom stereocenters. The van der Waals surface area contributed by atoms with E-state index in [2.05, 4.69) is 46.3 Å². The monoisotopic (exact) mass is 308 g/mol. The molecule has 2 nitrogen and oxygen atoms in total. The number of fused-ring (bicyclic) bond motifs is 2. The molecule has 1 aliphatic rings. The summed E-state index contributed by atoms with van der Waals surface area (Å²) in [7, 11) is 0. The fraction of sp³-hybridized carbons (Fsp3) is 0.211. The number of hydrogen-bond donors (Lipinski definition) is 0. The zero-order valence-electron chi connectivity index (χ0n) is 12.3. The predicted octanol–water partition coefficient (Wildman–Crippen LogP) is 4.45. The third-order valence-electron chi connectivity index (χ3n) is 4.35. The lowest BCUT2D eigenvalue weighted by Gasteiger charge is -2.28. The van der Waals surface area contributed by atoms with Gasteiger partial charge in [-0.15, -0.1) is 0 Å². The van der Waals surface area contributed by atoms with E-state index in [9.17, 15) is 0 Å². The molecule has 4 rings (SSSR count). The van der Waals surface area contributed by atoms with Gasteiger partial charge in [0.15, 0.2) is 0 Å². The standard InChI is InChI=1S/C19H17ClN2/c20-19-17(11-15-6-3-4-8-18(15)21-19)13-22-10-9-14-5-1-2-7-16(14)12-22/h1-8,11H,9-10,12-13H2. The Labute approximate surface area is 135 Å². The van der Waals surface area contributed by atoms with Gasteiger partial charge >= 0.3 is 0 Å². The summed E-state index contributed by atoms with van der Waals surface area (Å²) in [5.41, 5.74) is 4.97. The Hall–Kier alpha value is -1.90. The van der Waals surface area contributed by atoms with Crippen molar-refractivity contribution in [2.45, 2.75) is 19.5 Å². The lowest BCUT2D eigenvalue weighted by molar-refractivity contribution is 0.245. The number of benzene rings is 2. The molecule has 1 aromatic heterocycles. The van der Waals surface area contributed by atoms with Crippen molar-refractivity contribution >= 4 is 22.5 Å². The van der Waals surface area contributed by atoms with Crippen molar-refractivity contribution < 1.29 is 0 Å². The molecule has 0 aliphatic carbocycles. The molecule has 0 fully saturated rings. The molecule has 0 amide bonds. The van der Waals surface area contributed by atoms with Crippen molar-refractivity contribution in [2.24, 2.45) is 0 Å². The van der Waals surface area contributed by atoms with E-state index in [-0.39, 0.29) is 0 Å². The molecular weight excluding hydrogens is 292 g/mol. The van der Waals surface area contributed by atoms with E-state index in [0.29, 0.717) is 5.15 Å². The highest BCUT2D eigenvalue weighted by molar-refractivity contribution is 6.30. The number of halogens is 1. The first-order chi connectivity index (χ1) is 10.8. The van der Waals surface area contributed by atoms with Gasteiger partial charge in [0.2, 0.25) is 0 Å². The maximum atomic E-state index is 6.38. The van der Waals surface area contributed by atoms with Gasteiger partial charge in [0.05, 0.1) is 5.52 Å². The van der Waals surface area contributed by atoms with Crippen LogP contribution in [0.4, 0.5) is 0 Å². The number of nitrogens with zero attached hydrogens (tertiary/aromatic N) is 2. The molecular formula is C19H17ClN2. The molecule has 0 saturated carbocycles. The van der Waals surface area contributed by atoms with Crippen LogP contribution in [0.5, 0.6) is 0 Å². The third kappa shape index (κ3) is 2.60. The summed E-state index contributed by atoms with van der Waals surface area (Å²) in [4.78, 5) is 6.97. The third-order valence-corrected chi connectivity index (χ3v) is 4.68. The second kappa shape index (κ2) is 5.71. The number of pyridine rings is 1. The molecule has 22 heavy (non-hydrogen) atoms. The number of aromatic nitrogens is 1. The Bertz CT molecular complexity index is 829. The van der Waals surface area contributed by atoms with E-state index >= 15 is 0 Å². The van der Waals surface area contributed by atoms with Crippen LogP contribution in [0.15, 0.2) is 54.6 Å². The number of rotatable bonds is 2. The highest BCUT2D eigenvalue weighted by Crippen LogP contribution is 2.25. The lowest BCUT2D eigenvalue weighted by Crippen LogP contribution is -2.30. The summed E-state index contributed by atoms with van der Waals surface area (Å²) in [5.74, 6) is 0. The van der Waals surface area contributed by atoms with Gasteiger partial charge in [-0.1, -0.05) is 54.1 Å². The lowest BCUT2D eigenvalue weighted by atomic mass is 9.99. The second-order valence-electron chi connectivity index (χ2n) is 5.86. The van der Waals surface area contributed by atoms with E-state index in [0.717, 1.165) is 42.5 Å². The van der Waals surface area contributed by atoms with Gasteiger partial charge in [-0.2, -0.15) is 0 Å². The molecule has 0 N–H and O–H groups in total. The Balaban J connectivity index is 1.60. The highest BCUT2D eigenvalue weighted by atomic mass is 35.5. The number of hydrogen-bond acceptors (Lipinski definition) is 2. The van der Waals surface area contributed by atoms with Gasteiger partial charge in [0.1, 0.15) is 5.15 Å². The van der Waals surface area contributed by atoms with Crippen LogP contribution < -0.4 is 0 Å². The SMILES string of the molecule is Clc1nc2ccccc2cc1CN1CCc2ccccc2C1. The summed E-state index contributed by atoms with van der Waals surface area (Å²) < 4.78 is 0. The van der Waals surface area contributed by atoms with Crippen LogP contribution in [-0.4, -0.2) is 16.4 Å².